The van der Waals surface area contributed by atoms with Crippen LogP contribution in [0.3, 0.4) is 0 Å². The SMILES string of the molecule is O=C1c2cccc3c(NC4CCCCC4)ccc(c23)C(=O)N1c1ccccc1. The van der Waals surface area contributed by atoms with E-state index in [1.807, 2.05) is 48.5 Å². The lowest BCUT2D eigenvalue weighted by Crippen LogP contribution is -2.40. The quantitative estimate of drug-likeness (QED) is 0.629. The predicted molar refractivity (Wildman–Crippen MR) is 112 cm³/mol. The molecule has 0 aromatic heterocycles. The summed E-state index contributed by atoms with van der Waals surface area (Å²) in [5.74, 6) is -0.520. The molecule has 140 valence electrons. The third-order valence-corrected chi connectivity index (χ3v) is 5.89. The van der Waals surface area contributed by atoms with Crippen molar-refractivity contribution in [2.75, 3.05) is 10.2 Å². The summed E-state index contributed by atoms with van der Waals surface area (Å²) in [5.41, 5.74) is 2.79. The number of nitrogens with zero attached hydrogens (tertiary/aromatic N) is 1. The highest BCUT2D eigenvalue weighted by Gasteiger charge is 2.34. The summed E-state index contributed by atoms with van der Waals surface area (Å²) >= 11 is 0. The Morgan fingerprint density at radius 1 is 0.750 bits per heavy atom. The molecule has 0 atom stereocenters. The lowest BCUT2D eigenvalue weighted by Gasteiger charge is -2.29. The lowest BCUT2D eigenvalue weighted by molar-refractivity contribution is 0.0893. The van der Waals surface area contributed by atoms with Crippen LogP contribution in [0.4, 0.5) is 11.4 Å². The number of rotatable bonds is 3. The van der Waals surface area contributed by atoms with Crippen LogP contribution in [0.1, 0.15) is 52.8 Å². The number of carbonyl (C=O) groups excluding carboxylic acids is 2. The Bertz CT molecular complexity index is 1050. The van der Waals surface area contributed by atoms with E-state index in [1.165, 1.54) is 37.0 Å². The van der Waals surface area contributed by atoms with E-state index in [0.29, 0.717) is 22.9 Å². The summed E-state index contributed by atoms with van der Waals surface area (Å²) in [5, 5.41) is 5.39. The molecule has 1 heterocycles. The summed E-state index contributed by atoms with van der Waals surface area (Å²) in [4.78, 5) is 27.7. The van der Waals surface area contributed by atoms with Gasteiger partial charge in [0.15, 0.2) is 0 Å². The second-order valence-electron chi connectivity index (χ2n) is 7.65. The fourth-order valence-corrected chi connectivity index (χ4v) is 4.50. The lowest BCUT2D eigenvalue weighted by atomic mass is 9.91. The van der Waals surface area contributed by atoms with Crippen molar-refractivity contribution in [3.63, 3.8) is 0 Å². The van der Waals surface area contributed by atoms with Gasteiger partial charge in [-0.05, 0) is 43.2 Å². The van der Waals surface area contributed by atoms with Gasteiger partial charge in [-0.3, -0.25) is 9.59 Å². The van der Waals surface area contributed by atoms with Gasteiger partial charge in [0.25, 0.3) is 11.8 Å². The Balaban J connectivity index is 1.61. The van der Waals surface area contributed by atoms with Gasteiger partial charge in [-0.2, -0.15) is 0 Å². The van der Waals surface area contributed by atoms with Crippen molar-refractivity contribution >= 4 is 34.0 Å². The van der Waals surface area contributed by atoms with Gasteiger partial charge >= 0.3 is 0 Å². The van der Waals surface area contributed by atoms with Gasteiger partial charge in [-0.25, -0.2) is 4.90 Å². The van der Waals surface area contributed by atoms with Crippen LogP contribution in [0.25, 0.3) is 10.8 Å². The Morgan fingerprint density at radius 3 is 2.21 bits per heavy atom. The Hall–Kier alpha value is -3.14. The molecule has 0 saturated heterocycles. The van der Waals surface area contributed by atoms with Gasteiger partial charge in [-0.1, -0.05) is 49.6 Å². The van der Waals surface area contributed by atoms with Crippen LogP contribution in [0, 0.1) is 0 Å². The van der Waals surface area contributed by atoms with E-state index in [9.17, 15) is 9.59 Å². The number of benzene rings is 3. The molecule has 0 unspecified atom stereocenters. The summed E-state index contributed by atoms with van der Waals surface area (Å²) in [6, 6.07) is 19.2. The van der Waals surface area contributed by atoms with Crippen LogP contribution in [0.5, 0.6) is 0 Å². The Morgan fingerprint density at radius 2 is 1.46 bits per heavy atom. The Kier molecular flexibility index (Phi) is 4.12. The van der Waals surface area contributed by atoms with Gasteiger partial charge in [0.2, 0.25) is 0 Å². The number of carbonyl (C=O) groups is 2. The van der Waals surface area contributed by atoms with Crippen molar-refractivity contribution in [3.05, 3.63) is 71.8 Å². The number of nitrogens with one attached hydrogen (secondary N) is 1. The zero-order valence-corrected chi connectivity index (χ0v) is 15.7. The molecule has 2 aliphatic rings. The summed E-state index contributed by atoms with van der Waals surface area (Å²) < 4.78 is 0. The average Bonchev–Trinajstić information content (AvgIpc) is 2.74. The number of amides is 2. The molecule has 5 rings (SSSR count). The van der Waals surface area contributed by atoms with E-state index in [2.05, 4.69) is 5.32 Å². The van der Waals surface area contributed by atoms with E-state index in [1.54, 1.807) is 12.1 Å². The smallest absolute Gasteiger partial charge is 0.265 e. The summed E-state index contributed by atoms with van der Waals surface area (Å²) in [6.45, 7) is 0. The maximum Gasteiger partial charge on any atom is 0.265 e. The topological polar surface area (TPSA) is 49.4 Å². The number of para-hydroxylation sites is 1. The van der Waals surface area contributed by atoms with Crippen molar-refractivity contribution in [2.45, 2.75) is 38.1 Å². The van der Waals surface area contributed by atoms with E-state index in [-0.39, 0.29) is 11.8 Å². The second kappa shape index (κ2) is 6.79. The third kappa shape index (κ3) is 2.68. The molecule has 28 heavy (non-hydrogen) atoms. The zero-order chi connectivity index (χ0) is 19.1. The van der Waals surface area contributed by atoms with Gasteiger partial charge in [0.05, 0.1) is 5.69 Å². The van der Waals surface area contributed by atoms with Crippen LogP contribution in [0.15, 0.2) is 60.7 Å². The summed E-state index contributed by atoms with van der Waals surface area (Å²) in [6.07, 6.45) is 6.15. The molecule has 3 aromatic rings. The molecule has 1 saturated carbocycles. The standard InChI is InChI=1S/C24H22N2O2/c27-23-19-13-7-12-18-21(25-16-8-3-1-4-9-16)15-14-20(22(18)19)24(28)26(23)17-10-5-2-6-11-17/h2,5-7,10-16,25H,1,3-4,8-9H2. The van der Waals surface area contributed by atoms with E-state index < -0.39 is 0 Å². The molecule has 1 N–H and O–H groups in total. The van der Waals surface area contributed by atoms with Gasteiger partial charge in [0, 0.05) is 33.6 Å². The molecule has 0 bridgehead atoms. The van der Waals surface area contributed by atoms with Crippen LogP contribution < -0.4 is 10.2 Å². The largest absolute Gasteiger partial charge is 0.382 e. The maximum atomic E-state index is 13.2. The van der Waals surface area contributed by atoms with Crippen LogP contribution in [0.2, 0.25) is 0 Å². The fourth-order valence-electron chi connectivity index (χ4n) is 4.50. The zero-order valence-electron chi connectivity index (χ0n) is 15.7. The first-order valence-electron chi connectivity index (χ1n) is 10.00. The second-order valence-corrected chi connectivity index (χ2v) is 7.65. The van der Waals surface area contributed by atoms with Gasteiger partial charge in [0.1, 0.15) is 0 Å². The first-order valence-corrected chi connectivity index (χ1v) is 10.00. The summed E-state index contributed by atoms with van der Waals surface area (Å²) in [7, 11) is 0. The average molecular weight is 370 g/mol. The minimum atomic E-state index is -0.260. The molecule has 1 fully saturated rings. The van der Waals surface area contributed by atoms with E-state index in [0.717, 1.165) is 16.5 Å². The molecular weight excluding hydrogens is 348 g/mol. The number of hydrogen-bond acceptors (Lipinski definition) is 3. The molecule has 4 heteroatoms. The van der Waals surface area contributed by atoms with Crippen molar-refractivity contribution in [1.82, 2.24) is 0 Å². The first kappa shape index (κ1) is 17.0. The van der Waals surface area contributed by atoms with Gasteiger partial charge < -0.3 is 5.32 Å². The first-order chi connectivity index (χ1) is 13.7. The monoisotopic (exact) mass is 370 g/mol. The van der Waals surface area contributed by atoms with Crippen LogP contribution in [-0.4, -0.2) is 17.9 Å². The molecule has 0 spiro atoms. The van der Waals surface area contributed by atoms with Crippen molar-refractivity contribution in [1.29, 1.82) is 0 Å². The van der Waals surface area contributed by atoms with Crippen molar-refractivity contribution < 1.29 is 9.59 Å². The number of anilines is 2. The number of imide groups is 1. The maximum absolute atomic E-state index is 13.2. The molecule has 2 amide bonds. The fraction of sp³-hybridized carbons (Fsp3) is 0.250. The normalized spacial score (nSPS) is 17.2. The molecule has 4 nitrogen and oxygen atoms in total. The highest BCUT2D eigenvalue weighted by Crippen LogP contribution is 2.37. The number of hydrogen-bond donors (Lipinski definition) is 1. The molecule has 3 aromatic carbocycles. The van der Waals surface area contributed by atoms with Crippen molar-refractivity contribution in [2.24, 2.45) is 0 Å². The minimum Gasteiger partial charge on any atom is -0.382 e. The minimum absolute atomic E-state index is 0.260. The Labute approximate surface area is 164 Å². The van der Waals surface area contributed by atoms with Gasteiger partial charge in [-0.15, -0.1) is 0 Å². The predicted octanol–water partition coefficient (Wildman–Crippen LogP) is 5.39. The molecule has 1 aliphatic carbocycles. The highest BCUT2D eigenvalue weighted by molar-refractivity contribution is 6.36. The molecular formula is C24H22N2O2. The highest BCUT2D eigenvalue weighted by atomic mass is 16.2. The van der Waals surface area contributed by atoms with Crippen LogP contribution in [-0.2, 0) is 0 Å². The van der Waals surface area contributed by atoms with E-state index >= 15 is 0 Å². The van der Waals surface area contributed by atoms with Crippen LogP contribution >= 0.6 is 0 Å². The molecule has 1 aliphatic heterocycles. The van der Waals surface area contributed by atoms with E-state index in [4.69, 9.17) is 0 Å². The van der Waals surface area contributed by atoms with Crippen molar-refractivity contribution in [3.8, 4) is 0 Å². The molecule has 0 radical (unpaired) electrons. The third-order valence-electron chi connectivity index (χ3n) is 5.89.